The highest BCUT2D eigenvalue weighted by molar-refractivity contribution is 6.30. The van der Waals surface area contributed by atoms with Gasteiger partial charge in [0.1, 0.15) is 5.92 Å². The summed E-state index contributed by atoms with van der Waals surface area (Å²) in [5, 5.41) is 10.3. The molecule has 19 heavy (non-hydrogen) atoms. The van der Waals surface area contributed by atoms with E-state index in [0.29, 0.717) is 5.02 Å². The highest BCUT2D eigenvalue weighted by Crippen LogP contribution is 2.35. The lowest BCUT2D eigenvalue weighted by atomic mass is 9.88. The smallest absolute Gasteiger partial charge is 0.315 e. The summed E-state index contributed by atoms with van der Waals surface area (Å²) >= 11 is 6.02. The van der Waals surface area contributed by atoms with Crippen molar-refractivity contribution in [2.75, 3.05) is 0 Å². The van der Waals surface area contributed by atoms with Crippen LogP contribution in [-0.4, -0.2) is 11.1 Å². The monoisotopic (exact) mass is 272 g/mol. The van der Waals surface area contributed by atoms with Crippen molar-refractivity contribution in [3.8, 4) is 0 Å². The van der Waals surface area contributed by atoms with Crippen LogP contribution in [0.3, 0.4) is 0 Å². The first-order chi connectivity index (χ1) is 9.16. The average Bonchev–Trinajstić information content (AvgIpc) is 2.55. The van der Waals surface area contributed by atoms with Crippen LogP contribution in [0.25, 0.3) is 0 Å². The molecule has 1 N–H and O–H groups in total. The summed E-state index contributed by atoms with van der Waals surface area (Å²) < 4.78 is 0. The summed E-state index contributed by atoms with van der Waals surface area (Å²) in [5.41, 5.74) is 3.91. The Balaban J connectivity index is 2.24. The number of rotatable bonds is 1. The molecule has 0 unspecified atom stereocenters. The van der Waals surface area contributed by atoms with Crippen LogP contribution in [0.1, 0.15) is 28.2 Å². The molecule has 0 aromatic heterocycles. The summed E-state index contributed by atoms with van der Waals surface area (Å²) in [5.74, 6) is -1.40. The van der Waals surface area contributed by atoms with E-state index in [1.165, 1.54) is 0 Å². The molecule has 0 amide bonds. The van der Waals surface area contributed by atoms with Gasteiger partial charge in [-0.1, -0.05) is 41.9 Å². The predicted octanol–water partition coefficient (Wildman–Crippen LogP) is 3.66. The second-order valence-corrected chi connectivity index (χ2v) is 5.25. The third-order valence-corrected chi connectivity index (χ3v) is 3.93. The molecule has 0 saturated carbocycles. The number of aryl methyl sites for hydroxylation is 2. The highest BCUT2D eigenvalue weighted by Gasteiger charge is 2.28. The summed E-state index contributed by atoms with van der Waals surface area (Å²) in [6.45, 7) is 0. The molecule has 2 aromatic carbocycles. The molecule has 1 aliphatic carbocycles. The maximum atomic E-state index is 11.7. The van der Waals surface area contributed by atoms with Crippen molar-refractivity contribution in [1.29, 1.82) is 0 Å². The van der Waals surface area contributed by atoms with E-state index in [0.717, 1.165) is 35.1 Å². The number of hydrogen-bond acceptors (Lipinski definition) is 1. The number of fused-ring (bicyclic) bond motifs is 2. The zero-order valence-corrected chi connectivity index (χ0v) is 11.0. The van der Waals surface area contributed by atoms with Crippen LogP contribution in [0.15, 0.2) is 42.5 Å². The zero-order valence-electron chi connectivity index (χ0n) is 10.3. The van der Waals surface area contributed by atoms with Crippen LogP contribution in [0, 0.1) is 0 Å². The molecule has 1 aliphatic rings. The number of carbonyl (C=O) groups is 1. The van der Waals surface area contributed by atoms with Gasteiger partial charge in [0.25, 0.3) is 0 Å². The summed E-state index contributed by atoms with van der Waals surface area (Å²) in [6, 6.07) is 13.3. The maximum Gasteiger partial charge on any atom is 0.315 e. The molecule has 3 heteroatoms. The van der Waals surface area contributed by atoms with Crippen molar-refractivity contribution in [3.63, 3.8) is 0 Å². The molecule has 0 spiro atoms. The van der Waals surface area contributed by atoms with E-state index >= 15 is 0 Å². The number of carboxylic acids is 1. The first-order valence-electron chi connectivity index (χ1n) is 6.26. The van der Waals surface area contributed by atoms with Crippen LogP contribution in [0.5, 0.6) is 0 Å². The second-order valence-electron chi connectivity index (χ2n) is 4.81. The fraction of sp³-hybridized carbons (Fsp3) is 0.188. The van der Waals surface area contributed by atoms with Crippen LogP contribution in [0.4, 0.5) is 0 Å². The standard InChI is InChI=1S/C16H13ClO2/c17-12-7-8-14-11(9-12)6-5-10-3-1-2-4-13(10)15(14)16(18)19/h1-4,7-9,15H,5-6H2,(H,18,19)/t15-/m1/s1. The Morgan fingerprint density at radius 1 is 1.05 bits per heavy atom. The Morgan fingerprint density at radius 3 is 2.53 bits per heavy atom. The highest BCUT2D eigenvalue weighted by atomic mass is 35.5. The second kappa shape index (κ2) is 4.71. The van der Waals surface area contributed by atoms with Crippen molar-refractivity contribution in [2.45, 2.75) is 18.8 Å². The summed E-state index contributed by atoms with van der Waals surface area (Å²) in [7, 11) is 0. The van der Waals surface area contributed by atoms with Crippen molar-refractivity contribution < 1.29 is 9.90 Å². The third kappa shape index (κ3) is 2.13. The number of aliphatic carboxylic acids is 1. The van der Waals surface area contributed by atoms with Crippen molar-refractivity contribution in [3.05, 3.63) is 69.7 Å². The van der Waals surface area contributed by atoms with E-state index in [-0.39, 0.29) is 0 Å². The van der Waals surface area contributed by atoms with Gasteiger partial charge in [-0.05, 0) is 47.2 Å². The number of hydrogen-bond donors (Lipinski definition) is 1. The van der Waals surface area contributed by atoms with Gasteiger partial charge in [-0.15, -0.1) is 0 Å². The molecule has 0 bridgehead atoms. The molecule has 0 heterocycles. The molecule has 0 fully saturated rings. The van der Waals surface area contributed by atoms with Gasteiger partial charge in [0.15, 0.2) is 0 Å². The lowest BCUT2D eigenvalue weighted by molar-refractivity contribution is -0.137. The minimum Gasteiger partial charge on any atom is -0.481 e. The van der Waals surface area contributed by atoms with Gasteiger partial charge in [0.05, 0.1) is 0 Å². The minimum absolute atomic E-state index is 0.592. The third-order valence-electron chi connectivity index (χ3n) is 3.69. The number of halogens is 1. The van der Waals surface area contributed by atoms with Crippen LogP contribution < -0.4 is 0 Å². The maximum absolute atomic E-state index is 11.7. The fourth-order valence-corrected chi connectivity index (χ4v) is 3.01. The molecular weight excluding hydrogens is 260 g/mol. The normalized spacial score (nSPS) is 17.2. The molecule has 0 aliphatic heterocycles. The van der Waals surface area contributed by atoms with Gasteiger partial charge in [-0.3, -0.25) is 4.79 Å². The largest absolute Gasteiger partial charge is 0.481 e. The van der Waals surface area contributed by atoms with E-state index in [1.807, 2.05) is 36.4 Å². The molecular formula is C16H13ClO2. The lowest BCUT2D eigenvalue weighted by Gasteiger charge is -2.16. The van der Waals surface area contributed by atoms with E-state index in [9.17, 15) is 9.90 Å². The molecule has 0 saturated heterocycles. The van der Waals surface area contributed by atoms with Crippen molar-refractivity contribution in [1.82, 2.24) is 0 Å². The molecule has 0 radical (unpaired) electrons. The summed E-state index contributed by atoms with van der Waals surface area (Å²) in [6.07, 6.45) is 1.68. The first-order valence-corrected chi connectivity index (χ1v) is 6.63. The van der Waals surface area contributed by atoms with Gasteiger partial charge in [-0.2, -0.15) is 0 Å². The Morgan fingerprint density at radius 2 is 1.74 bits per heavy atom. The van der Waals surface area contributed by atoms with E-state index in [2.05, 4.69) is 0 Å². The molecule has 3 rings (SSSR count). The number of benzene rings is 2. The Kier molecular flexibility index (Phi) is 3.03. The lowest BCUT2D eigenvalue weighted by Crippen LogP contribution is -2.14. The van der Waals surface area contributed by atoms with Crippen LogP contribution >= 0.6 is 11.6 Å². The average molecular weight is 273 g/mol. The predicted molar refractivity (Wildman–Crippen MR) is 74.8 cm³/mol. The quantitative estimate of drug-likeness (QED) is 0.860. The Hall–Kier alpha value is -1.80. The van der Waals surface area contributed by atoms with Gasteiger partial charge in [-0.25, -0.2) is 0 Å². The molecule has 1 atom stereocenters. The minimum atomic E-state index is -0.807. The first kappa shape index (κ1) is 12.2. The SMILES string of the molecule is O=C(O)[C@@H]1c2ccccc2CCc2cc(Cl)ccc21. The number of carboxylic acid groups (broad SMARTS) is 1. The molecule has 96 valence electrons. The Bertz CT molecular complexity index is 649. The van der Waals surface area contributed by atoms with E-state index < -0.39 is 11.9 Å². The van der Waals surface area contributed by atoms with Crippen LogP contribution in [-0.2, 0) is 17.6 Å². The fourth-order valence-electron chi connectivity index (χ4n) is 2.82. The summed E-state index contributed by atoms with van der Waals surface area (Å²) in [4.78, 5) is 11.7. The van der Waals surface area contributed by atoms with Crippen LogP contribution in [0.2, 0.25) is 5.02 Å². The van der Waals surface area contributed by atoms with E-state index in [4.69, 9.17) is 11.6 Å². The molecule has 2 nitrogen and oxygen atoms in total. The Labute approximate surface area is 116 Å². The van der Waals surface area contributed by atoms with Gasteiger partial charge in [0, 0.05) is 5.02 Å². The van der Waals surface area contributed by atoms with Gasteiger partial charge >= 0.3 is 5.97 Å². The van der Waals surface area contributed by atoms with Crippen molar-refractivity contribution >= 4 is 17.6 Å². The van der Waals surface area contributed by atoms with Gasteiger partial charge in [0.2, 0.25) is 0 Å². The van der Waals surface area contributed by atoms with E-state index in [1.54, 1.807) is 6.07 Å². The zero-order chi connectivity index (χ0) is 13.4. The van der Waals surface area contributed by atoms with Crippen molar-refractivity contribution in [2.24, 2.45) is 0 Å². The molecule has 2 aromatic rings. The topological polar surface area (TPSA) is 37.3 Å². The van der Waals surface area contributed by atoms with Gasteiger partial charge < -0.3 is 5.11 Å².